The minimum absolute atomic E-state index is 0.0568. The number of carbonyl (C=O) groups is 1. The minimum Gasteiger partial charge on any atom is -0.496 e. The Morgan fingerprint density at radius 1 is 1.07 bits per heavy atom. The third kappa shape index (κ3) is 3.36. The van der Waals surface area contributed by atoms with E-state index in [1.807, 2.05) is 47.4 Å². The Bertz CT molecular complexity index is 974. The van der Waals surface area contributed by atoms with Crippen molar-refractivity contribution in [1.29, 1.82) is 0 Å². The number of para-hydroxylation sites is 3. The zero-order valence-corrected chi connectivity index (χ0v) is 16.3. The Hall–Kier alpha value is -2.86. The Balaban J connectivity index is 1.72. The average molecular weight is 379 g/mol. The van der Waals surface area contributed by atoms with Crippen LogP contribution in [0.3, 0.4) is 0 Å². The summed E-state index contributed by atoms with van der Waals surface area (Å²) in [6, 6.07) is 16.5. The number of likely N-dealkylation sites (tertiary alicyclic amines) is 1. The number of aromatic nitrogens is 2. The molecule has 146 valence electrons. The molecule has 1 aromatic heterocycles. The maximum Gasteiger partial charge on any atom is 0.248 e. The third-order valence-corrected chi connectivity index (χ3v) is 5.39. The molecule has 6 heteroatoms. The monoisotopic (exact) mass is 379 g/mol. The number of methoxy groups -OCH3 is 2. The van der Waals surface area contributed by atoms with Crippen LogP contribution in [-0.4, -0.2) is 54.3 Å². The molecular formula is C22H25N3O3. The van der Waals surface area contributed by atoms with Gasteiger partial charge in [-0.3, -0.25) is 4.79 Å². The Kier molecular flexibility index (Phi) is 5.30. The average Bonchev–Trinajstić information content (AvgIpc) is 3.13. The summed E-state index contributed by atoms with van der Waals surface area (Å²) >= 11 is 0. The molecule has 1 aliphatic heterocycles. The number of nitrogens with zero attached hydrogens (tertiary/aromatic N) is 3. The summed E-state index contributed by atoms with van der Waals surface area (Å²) in [4.78, 5) is 19.0. The summed E-state index contributed by atoms with van der Waals surface area (Å²) in [5.41, 5.74) is 3.07. The van der Waals surface area contributed by atoms with E-state index in [0.717, 1.165) is 54.1 Å². The fourth-order valence-corrected chi connectivity index (χ4v) is 4.02. The molecule has 0 N–H and O–H groups in total. The Morgan fingerprint density at radius 2 is 1.79 bits per heavy atom. The standard InChI is InChI=1S/C22H25N3O3/c1-27-15-21(26)24-13-11-16(12-14-24)25-19-9-5-4-8-18(19)23-22(25)17-7-3-6-10-20(17)28-2/h3-10,16H,11-15H2,1-2H3. The number of hydrogen-bond acceptors (Lipinski definition) is 4. The number of benzene rings is 2. The van der Waals surface area contributed by atoms with Crippen LogP contribution in [0.15, 0.2) is 48.5 Å². The molecule has 6 nitrogen and oxygen atoms in total. The van der Waals surface area contributed by atoms with Crippen LogP contribution in [0.4, 0.5) is 0 Å². The zero-order chi connectivity index (χ0) is 19.5. The van der Waals surface area contributed by atoms with Gasteiger partial charge in [-0.25, -0.2) is 4.98 Å². The first-order chi connectivity index (χ1) is 13.7. The maximum absolute atomic E-state index is 12.1. The molecule has 1 amide bonds. The van der Waals surface area contributed by atoms with E-state index < -0.39 is 0 Å². The first kappa shape index (κ1) is 18.5. The van der Waals surface area contributed by atoms with Crippen molar-refractivity contribution in [3.05, 3.63) is 48.5 Å². The summed E-state index contributed by atoms with van der Waals surface area (Å²) in [5, 5.41) is 0. The Labute approximate surface area is 164 Å². The van der Waals surface area contributed by atoms with Gasteiger partial charge in [-0.15, -0.1) is 0 Å². The smallest absolute Gasteiger partial charge is 0.248 e. The van der Waals surface area contributed by atoms with Crippen LogP contribution < -0.4 is 4.74 Å². The number of amides is 1. The van der Waals surface area contributed by atoms with Gasteiger partial charge in [0.25, 0.3) is 0 Å². The van der Waals surface area contributed by atoms with E-state index in [-0.39, 0.29) is 18.6 Å². The van der Waals surface area contributed by atoms with Crippen molar-refractivity contribution in [3.8, 4) is 17.1 Å². The predicted octanol–water partition coefficient (Wildman–Crippen LogP) is 3.52. The molecule has 1 fully saturated rings. The van der Waals surface area contributed by atoms with Crippen molar-refractivity contribution in [2.24, 2.45) is 0 Å². The molecule has 2 aromatic carbocycles. The van der Waals surface area contributed by atoms with Gasteiger partial charge in [0.15, 0.2) is 0 Å². The summed E-state index contributed by atoms with van der Waals surface area (Å²) in [7, 11) is 3.24. The lowest BCUT2D eigenvalue weighted by Gasteiger charge is -2.33. The van der Waals surface area contributed by atoms with Crippen molar-refractivity contribution in [2.75, 3.05) is 33.9 Å². The molecule has 1 aliphatic rings. The van der Waals surface area contributed by atoms with Gasteiger partial charge in [0.05, 0.1) is 23.7 Å². The fraction of sp³-hybridized carbons (Fsp3) is 0.364. The van der Waals surface area contributed by atoms with Crippen molar-refractivity contribution in [2.45, 2.75) is 18.9 Å². The summed E-state index contributed by atoms with van der Waals surface area (Å²) in [6.07, 6.45) is 1.77. The predicted molar refractivity (Wildman–Crippen MR) is 108 cm³/mol. The molecule has 4 rings (SSSR count). The minimum atomic E-state index is 0.0568. The van der Waals surface area contributed by atoms with E-state index in [1.165, 1.54) is 0 Å². The molecule has 0 aliphatic carbocycles. The maximum atomic E-state index is 12.1. The summed E-state index contributed by atoms with van der Waals surface area (Å²) in [6.45, 7) is 1.60. The van der Waals surface area contributed by atoms with Crippen LogP contribution in [0.2, 0.25) is 0 Å². The first-order valence-corrected chi connectivity index (χ1v) is 9.60. The quantitative estimate of drug-likeness (QED) is 0.681. The van der Waals surface area contributed by atoms with Gasteiger partial charge in [-0.05, 0) is 37.1 Å². The lowest BCUT2D eigenvalue weighted by molar-refractivity contribution is -0.136. The molecule has 2 heterocycles. The highest BCUT2D eigenvalue weighted by molar-refractivity contribution is 5.82. The van der Waals surface area contributed by atoms with Crippen molar-refractivity contribution in [3.63, 3.8) is 0 Å². The second kappa shape index (κ2) is 8.02. The Morgan fingerprint density at radius 3 is 2.54 bits per heavy atom. The molecule has 0 spiro atoms. The van der Waals surface area contributed by atoms with E-state index in [4.69, 9.17) is 14.5 Å². The van der Waals surface area contributed by atoms with E-state index in [0.29, 0.717) is 0 Å². The van der Waals surface area contributed by atoms with Gasteiger partial charge in [0.2, 0.25) is 5.91 Å². The van der Waals surface area contributed by atoms with Crippen LogP contribution >= 0.6 is 0 Å². The van der Waals surface area contributed by atoms with Gasteiger partial charge >= 0.3 is 0 Å². The third-order valence-electron chi connectivity index (χ3n) is 5.39. The molecule has 0 saturated carbocycles. The van der Waals surface area contributed by atoms with E-state index in [2.05, 4.69) is 10.6 Å². The fourth-order valence-electron chi connectivity index (χ4n) is 4.02. The molecule has 0 radical (unpaired) electrons. The number of piperidine rings is 1. The number of imidazole rings is 1. The molecule has 1 saturated heterocycles. The van der Waals surface area contributed by atoms with Gasteiger partial charge in [-0.1, -0.05) is 24.3 Å². The topological polar surface area (TPSA) is 56.6 Å². The molecule has 0 atom stereocenters. The molecule has 0 unspecified atom stereocenters. The highest BCUT2D eigenvalue weighted by Gasteiger charge is 2.27. The SMILES string of the molecule is COCC(=O)N1CCC(n2c(-c3ccccc3OC)nc3ccccc32)CC1. The van der Waals surface area contributed by atoms with Crippen LogP contribution in [0.5, 0.6) is 5.75 Å². The van der Waals surface area contributed by atoms with Crippen LogP contribution in [0, 0.1) is 0 Å². The van der Waals surface area contributed by atoms with Crippen LogP contribution in [-0.2, 0) is 9.53 Å². The van der Waals surface area contributed by atoms with Gasteiger partial charge in [0, 0.05) is 26.2 Å². The highest BCUT2D eigenvalue weighted by atomic mass is 16.5. The molecule has 28 heavy (non-hydrogen) atoms. The molecule has 0 bridgehead atoms. The van der Waals surface area contributed by atoms with Crippen molar-refractivity contribution < 1.29 is 14.3 Å². The zero-order valence-electron chi connectivity index (χ0n) is 16.3. The van der Waals surface area contributed by atoms with E-state index in [9.17, 15) is 4.79 Å². The van der Waals surface area contributed by atoms with Gasteiger partial charge < -0.3 is 18.9 Å². The number of rotatable bonds is 5. The van der Waals surface area contributed by atoms with E-state index in [1.54, 1.807) is 14.2 Å². The van der Waals surface area contributed by atoms with E-state index >= 15 is 0 Å². The van der Waals surface area contributed by atoms with Crippen LogP contribution in [0.25, 0.3) is 22.4 Å². The van der Waals surface area contributed by atoms with Gasteiger partial charge in [0.1, 0.15) is 18.2 Å². The molecule has 3 aromatic rings. The first-order valence-electron chi connectivity index (χ1n) is 9.60. The normalized spacial score (nSPS) is 15.1. The van der Waals surface area contributed by atoms with Crippen LogP contribution in [0.1, 0.15) is 18.9 Å². The van der Waals surface area contributed by atoms with Gasteiger partial charge in [-0.2, -0.15) is 0 Å². The molecular weight excluding hydrogens is 354 g/mol. The lowest BCUT2D eigenvalue weighted by atomic mass is 10.0. The highest BCUT2D eigenvalue weighted by Crippen LogP contribution is 2.36. The number of hydrogen-bond donors (Lipinski definition) is 0. The van der Waals surface area contributed by atoms with Crippen molar-refractivity contribution >= 4 is 16.9 Å². The number of ether oxygens (including phenoxy) is 2. The summed E-state index contributed by atoms with van der Waals surface area (Å²) in [5.74, 6) is 1.79. The second-order valence-electron chi connectivity index (χ2n) is 7.04. The second-order valence-corrected chi connectivity index (χ2v) is 7.04. The number of carbonyl (C=O) groups excluding carboxylic acids is 1. The lowest BCUT2D eigenvalue weighted by Crippen LogP contribution is -2.40. The van der Waals surface area contributed by atoms with Crippen molar-refractivity contribution in [1.82, 2.24) is 14.5 Å². The number of fused-ring (bicyclic) bond motifs is 1. The summed E-state index contributed by atoms with van der Waals surface area (Å²) < 4.78 is 12.9. The largest absolute Gasteiger partial charge is 0.496 e.